The molecule has 2 rings (SSSR count). The molecule has 1 N–H and O–H groups in total. The number of hydrogen-bond donors (Lipinski definition) is 1. The predicted octanol–water partition coefficient (Wildman–Crippen LogP) is 3.55. The largest absolute Gasteiger partial charge is 0.349 e. The zero-order chi connectivity index (χ0) is 11.5. The van der Waals surface area contributed by atoms with Gasteiger partial charge in [0.05, 0.1) is 5.38 Å². The molecule has 1 unspecified atom stereocenters. The second-order valence-electron chi connectivity index (χ2n) is 4.07. The number of alkyl halides is 1. The molecule has 1 atom stereocenters. The Morgan fingerprint density at radius 3 is 2.81 bits per heavy atom. The number of benzene rings is 1. The first kappa shape index (κ1) is 11.2. The summed E-state index contributed by atoms with van der Waals surface area (Å²) in [5, 5.41) is -0.0215. The molecule has 1 aromatic carbocycles. The number of aryl methyl sites for hydroxylation is 2. The highest BCUT2D eigenvalue weighted by atomic mass is 35.5. The smallest absolute Gasteiger partial charge is 0.107 e. The Morgan fingerprint density at radius 2 is 2.19 bits per heavy atom. The van der Waals surface area contributed by atoms with Crippen LogP contribution in [-0.2, 0) is 6.42 Å². The van der Waals surface area contributed by atoms with Crippen LogP contribution in [0.4, 0.5) is 0 Å². The molecular formula is C13H15ClN2. The first-order valence-electron chi connectivity index (χ1n) is 5.36. The summed E-state index contributed by atoms with van der Waals surface area (Å²) in [6.45, 7) is 4.19. The maximum Gasteiger partial charge on any atom is 0.107 e. The number of rotatable bonds is 3. The molecule has 2 aromatic rings. The molecule has 3 heteroatoms. The van der Waals surface area contributed by atoms with Crippen molar-refractivity contribution in [3.05, 3.63) is 53.1 Å². The van der Waals surface area contributed by atoms with Gasteiger partial charge in [-0.25, -0.2) is 4.98 Å². The van der Waals surface area contributed by atoms with Crippen molar-refractivity contribution in [3.8, 4) is 0 Å². The normalized spacial score (nSPS) is 12.7. The zero-order valence-corrected chi connectivity index (χ0v) is 10.3. The quantitative estimate of drug-likeness (QED) is 0.809. The predicted molar refractivity (Wildman–Crippen MR) is 66.8 cm³/mol. The van der Waals surface area contributed by atoms with Gasteiger partial charge < -0.3 is 4.98 Å². The molecule has 0 saturated heterocycles. The average molecular weight is 235 g/mol. The number of H-pyrrole nitrogens is 1. The molecule has 0 bridgehead atoms. The van der Waals surface area contributed by atoms with E-state index < -0.39 is 0 Å². The Bertz CT molecular complexity index is 463. The second kappa shape index (κ2) is 4.71. The Hall–Kier alpha value is -1.28. The number of nitrogens with one attached hydrogen (secondary N) is 1. The van der Waals surface area contributed by atoms with E-state index >= 15 is 0 Å². The summed E-state index contributed by atoms with van der Waals surface area (Å²) >= 11 is 6.40. The van der Waals surface area contributed by atoms with Crippen molar-refractivity contribution in [2.24, 2.45) is 0 Å². The third kappa shape index (κ3) is 2.45. The Balaban J connectivity index is 2.17. The van der Waals surface area contributed by atoms with E-state index in [-0.39, 0.29) is 5.38 Å². The van der Waals surface area contributed by atoms with E-state index in [1.807, 2.05) is 6.20 Å². The van der Waals surface area contributed by atoms with Gasteiger partial charge >= 0.3 is 0 Å². The van der Waals surface area contributed by atoms with E-state index in [9.17, 15) is 0 Å². The lowest BCUT2D eigenvalue weighted by atomic mass is 10.0. The van der Waals surface area contributed by atoms with Gasteiger partial charge in [0.15, 0.2) is 0 Å². The molecule has 16 heavy (non-hydrogen) atoms. The Kier molecular flexibility index (Phi) is 3.30. The number of aromatic amines is 1. The van der Waals surface area contributed by atoms with Crippen LogP contribution in [0.1, 0.15) is 27.9 Å². The highest BCUT2D eigenvalue weighted by Gasteiger charge is 2.12. The number of nitrogens with zero attached hydrogens (tertiary/aromatic N) is 1. The molecule has 0 fully saturated rings. The Labute approximate surface area is 101 Å². The van der Waals surface area contributed by atoms with Crippen LogP contribution in [0.5, 0.6) is 0 Å². The fraction of sp³-hybridized carbons (Fsp3) is 0.308. The van der Waals surface area contributed by atoms with E-state index in [1.54, 1.807) is 6.20 Å². The summed E-state index contributed by atoms with van der Waals surface area (Å²) < 4.78 is 0. The summed E-state index contributed by atoms with van der Waals surface area (Å²) in [7, 11) is 0. The average Bonchev–Trinajstić information content (AvgIpc) is 2.70. The minimum atomic E-state index is -0.0215. The van der Waals surface area contributed by atoms with Crippen molar-refractivity contribution in [1.29, 1.82) is 0 Å². The zero-order valence-electron chi connectivity index (χ0n) is 9.50. The van der Waals surface area contributed by atoms with Crippen LogP contribution < -0.4 is 0 Å². The molecular weight excluding hydrogens is 220 g/mol. The van der Waals surface area contributed by atoms with Gasteiger partial charge in [-0.3, -0.25) is 0 Å². The molecule has 0 aliphatic heterocycles. The molecule has 0 aliphatic rings. The highest BCUT2D eigenvalue weighted by Crippen LogP contribution is 2.27. The third-order valence-corrected chi connectivity index (χ3v) is 3.08. The van der Waals surface area contributed by atoms with Gasteiger partial charge in [0, 0.05) is 18.8 Å². The van der Waals surface area contributed by atoms with Gasteiger partial charge in [0.25, 0.3) is 0 Å². The fourth-order valence-electron chi connectivity index (χ4n) is 1.87. The Morgan fingerprint density at radius 1 is 1.38 bits per heavy atom. The van der Waals surface area contributed by atoms with E-state index in [4.69, 9.17) is 11.6 Å². The van der Waals surface area contributed by atoms with Crippen LogP contribution in [0.2, 0.25) is 0 Å². The van der Waals surface area contributed by atoms with E-state index in [0.29, 0.717) is 0 Å². The van der Waals surface area contributed by atoms with Crippen molar-refractivity contribution in [1.82, 2.24) is 9.97 Å². The SMILES string of the molecule is Cc1ccc(C(Cl)Cc2ncc[nH]2)c(C)c1. The van der Waals surface area contributed by atoms with E-state index in [0.717, 1.165) is 12.2 Å². The minimum Gasteiger partial charge on any atom is -0.349 e. The lowest BCUT2D eigenvalue weighted by Gasteiger charge is -2.12. The first-order valence-corrected chi connectivity index (χ1v) is 5.80. The molecule has 0 saturated carbocycles. The van der Waals surface area contributed by atoms with Crippen LogP contribution in [0.15, 0.2) is 30.6 Å². The molecule has 84 valence electrons. The van der Waals surface area contributed by atoms with Crippen LogP contribution in [0, 0.1) is 13.8 Å². The highest BCUT2D eigenvalue weighted by molar-refractivity contribution is 6.21. The molecule has 1 heterocycles. The molecule has 0 spiro atoms. The van der Waals surface area contributed by atoms with Crippen LogP contribution in [0.25, 0.3) is 0 Å². The third-order valence-electron chi connectivity index (χ3n) is 2.69. The van der Waals surface area contributed by atoms with Gasteiger partial charge in [0.1, 0.15) is 5.82 Å². The summed E-state index contributed by atoms with van der Waals surface area (Å²) in [5.41, 5.74) is 3.69. The molecule has 0 amide bonds. The first-order chi connectivity index (χ1) is 7.66. The molecule has 1 aromatic heterocycles. The summed E-state index contributed by atoms with van der Waals surface area (Å²) in [5.74, 6) is 0.931. The number of imidazole rings is 1. The van der Waals surface area contributed by atoms with Crippen molar-refractivity contribution in [2.75, 3.05) is 0 Å². The maximum absolute atomic E-state index is 6.40. The topological polar surface area (TPSA) is 28.7 Å². The summed E-state index contributed by atoms with van der Waals surface area (Å²) in [6, 6.07) is 6.36. The minimum absolute atomic E-state index is 0.0215. The van der Waals surface area contributed by atoms with E-state index in [2.05, 4.69) is 42.0 Å². The summed E-state index contributed by atoms with van der Waals surface area (Å²) in [6.07, 6.45) is 4.31. The lowest BCUT2D eigenvalue weighted by Crippen LogP contribution is -2.00. The van der Waals surface area contributed by atoms with Crippen LogP contribution >= 0.6 is 11.6 Å². The summed E-state index contributed by atoms with van der Waals surface area (Å²) in [4.78, 5) is 7.26. The van der Waals surface area contributed by atoms with Gasteiger partial charge in [-0.15, -0.1) is 11.6 Å². The molecule has 2 nitrogen and oxygen atoms in total. The van der Waals surface area contributed by atoms with Crippen molar-refractivity contribution >= 4 is 11.6 Å². The molecule has 0 radical (unpaired) electrons. The van der Waals surface area contributed by atoms with Gasteiger partial charge in [-0.1, -0.05) is 23.8 Å². The number of halogens is 1. The van der Waals surface area contributed by atoms with Crippen molar-refractivity contribution in [3.63, 3.8) is 0 Å². The van der Waals surface area contributed by atoms with Crippen molar-refractivity contribution < 1.29 is 0 Å². The van der Waals surface area contributed by atoms with Gasteiger partial charge in [-0.05, 0) is 25.0 Å². The monoisotopic (exact) mass is 234 g/mol. The maximum atomic E-state index is 6.40. The lowest BCUT2D eigenvalue weighted by molar-refractivity contribution is 0.848. The second-order valence-corrected chi connectivity index (χ2v) is 4.59. The van der Waals surface area contributed by atoms with Gasteiger partial charge in [-0.2, -0.15) is 0 Å². The number of hydrogen-bond acceptors (Lipinski definition) is 1. The standard InChI is InChI=1S/C13H15ClN2/c1-9-3-4-11(10(2)7-9)12(14)8-13-15-5-6-16-13/h3-7,12H,8H2,1-2H3,(H,15,16). The van der Waals surface area contributed by atoms with Crippen LogP contribution in [-0.4, -0.2) is 9.97 Å². The fourth-order valence-corrected chi connectivity index (χ4v) is 2.26. The number of aromatic nitrogens is 2. The van der Waals surface area contributed by atoms with Crippen molar-refractivity contribution in [2.45, 2.75) is 25.6 Å². The molecule has 0 aliphatic carbocycles. The van der Waals surface area contributed by atoms with Gasteiger partial charge in [0.2, 0.25) is 0 Å². The van der Waals surface area contributed by atoms with E-state index in [1.165, 1.54) is 16.7 Å². The van der Waals surface area contributed by atoms with Crippen LogP contribution in [0.3, 0.4) is 0 Å².